The number of hydrogen-bond donors (Lipinski definition) is 1. The zero-order valence-corrected chi connectivity index (χ0v) is 12.1. The highest BCUT2D eigenvalue weighted by molar-refractivity contribution is 7.92. The topological polar surface area (TPSA) is 72.8 Å². The highest BCUT2D eigenvalue weighted by Crippen LogP contribution is 2.49. The van der Waals surface area contributed by atoms with Gasteiger partial charge < -0.3 is 14.2 Å². The summed E-state index contributed by atoms with van der Waals surface area (Å²) in [7, 11) is -4.80. The minimum Gasteiger partial charge on any atom is -0.508 e. The minimum absolute atomic E-state index is 0.0912. The highest BCUT2D eigenvalue weighted by atomic mass is 32.2. The van der Waals surface area contributed by atoms with Crippen LogP contribution in [-0.2, 0) is 24.4 Å². The maximum absolute atomic E-state index is 12.2. The molecule has 0 aliphatic rings. The second kappa shape index (κ2) is 7.04. The van der Waals surface area contributed by atoms with Gasteiger partial charge in [0.05, 0.1) is 24.0 Å². The van der Waals surface area contributed by atoms with Gasteiger partial charge in [-0.15, -0.1) is 0 Å². The molecule has 7 heteroatoms. The Bertz CT molecular complexity index is 435. The molecule has 1 N–H and O–H groups in total. The molecule has 1 aromatic rings. The van der Waals surface area contributed by atoms with Crippen LogP contribution in [-0.4, -0.2) is 28.0 Å². The normalized spacial score (nSPS) is 13.4. The fourth-order valence-corrected chi connectivity index (χ4v) is 4.96. The summed E-state index contributed by atoms with van der Waals surface area (Å²) < 4.78 is 34.3. The van der Waals surface area contributed by atoms with E-state index in [0.29, 0.717) is 4.90 Å². The minimum atomic E-state index is -3.32. The molecule has 0 fully saturated rings. The van der Waals surface area contributed by atoms with E-state index >= 15 is 0 Å². The van der Waals surface area contributed by atoms with Crippen LogP contribution in [0.5, 0.6) is 5.75 Å². The second-order valence-electron chi connectivity index (χ2n) is 3.41. The number of aromatic hydroxyl groups is 1. The van der Waals surface area contributed by atoms with Crippen LogP contribution in [0.4, 0.5) is 0 Å². The predicted octanol–water partition coefficient (Wildman–Crippen LogP) is 2.72. The Morgan fingerprint density at radius 3 is 2.11 bits per heavy atom. The van der Waals surface area contributed by atoms with Crippen LogP contribution in [0.3, 0.4) is 0 Å². The van der Waals surface area contributed by atoms with Crippen LogP contribution < -0.4 is 0 Å². The Kier molecular flexibility index (Phi) is 6.02. The molecular weight excluding hydrogens is 275 g/mol. The molecule has 102 valence electrons. The van der Waals surface area contributed by atoms with Crippen molar-refractivity contribution in [1.29, 1.82) is 0 Å². The largest absolute Gasteiger partial charge is 0.508 e. The molecule has 1 atom stereocenters. The Balaban J connectivity index is 2.78. The Hall–Kier alpha value is -0.680. The van der Waals surface area contributed by atoms with Crippen molar-refractivity contribution in [2.45, 2.75) is 18.7 Å². The van der Waals surface area contributed by atoms with Gasteiger partial charge in [-0.25, -0.2) is 0 Å². The lowest BCUT2D eigenvalue weighted by Gasteiger charge is -2.16. The predicted molar refractivity (Wildman–Crippen MR) is 70.2 cm³/mol. The maximum atomic E-state index is 12.2. The average Bonchev–Trinajstić information content (AvgIpc) is 2.30. The standard InChI is InChI=1S/C11H17O5PS/c1-3-15-17(13,16-4-2)9-18(14)11-7-5-10(12)6-8-11/h5-8,12H,3-4,9H2,1-2H3. The first kappa shape index (κ1) is 15.4. The lowest BCUT2D eigenvalue weighted by atomic mass is 10.3. The summed E-state index contributed by atoms with van der Waals surface area (Å²) in [4.78, 5) is 0.479. The third-order valence-electron chi connectivity index (χ3n) is 2.03. The molecular formula is C11H17O5PS. The van der Waals surface area contributed by atoms with Gasteiger partial charge in [0.1, 0.15) is 11.2 Å². The van der Waals surface area contributed by atoms with E-state index in [1.54, 1.807) is 13.8 Å². The van der Waals surface area contributed by atoms with E-state index in [9.17, 15) is 8.77 Å². The van der Waals surface area contributed by atoms with Gasteiger partial charge in [0.2, 0.25) is 0 Å². The van der Waals surface area contributed by atoms with Gasteiger partial charge >= 0.3 is 7.60 Å². The summed E-state index contributed by atoms with van der Waals surface area (Å²) in [6, 6.07) is 5.90. The van der Waals surface area contributed by atoms with Crippen molar-refractivity contribution in [2.24, 2.45) is 0 Å². The van der Waals surface area contributed by atoms with Gasteiger partial charge in [-0.2, -0.15) is 0 Å². The zero-order chi connectivity index (χ0) is 13.6. The lowest BCUT2D eigenvalue weighted by Crippen LogP contribution is -2.05. The number of phenols is 1. The summed E-state index contributed by atoms with van der Waals surface area (Å²) in [5, 5.41) is 9.14. The molecule has 1 rings (SSSR count). The van der Waals surface area contributed by atoms with Crippen LogP contribution in [0.15, 0.2) is 29.2 Å². The number of benzene rings is 1. The number of hydrogen-bond acceptors (Lipinski definition) is 5. The van der Waals surface area contributed by atoms with Crippen molar-refractivity contribution in [1.82, 2.24) is 0 Å². The number of phenolic OH excluding ortho intramolecular Hbond substituents is 1. The van der Waals surface area contributed by atoms with E-state index in [1.807, 2.05) is 0 Å². The van der Waals surface area contributed by atoms with Crippen LogP contribution in [0.2, 0.25) is 0 Å². The van der Waals surface area contributed by atoms with Crippen LogP contribution in [0.1, 0.15) is 13.8 Å². The fraction of sp³-hybridized carbons (Fsp3) is 0.455. The molecule has 1 aromatic carbocycles. The molecule has 0 aliphatic carbocycles. The zero-order valence-electron chi connectivity index (χ0n) is 10.4. The molecule has 0 amide bonds. The molecule has 18 heavy (non-hydrogen) atoms. The van der Waals surface area contributed by atoms with Gasteiger partial charge in [0.25, 0.3) is 0 Å². The first-order chi connectivity index (χ1) is 8.50. The van der Waals surface area contributed by atoms with Crippen molar-refractivity contribution in [3.63, 3.8) is 0 Å². The van der Waals surface area contributed by atoms with E-state index < -0.39 is 18.4 Å². The average molecular weight is 292 g/mol. The quantitative estimate of drug-likeness (QED) is 0.782. The van der Waals surface area contributed by atoms with E-state index in [-0.39, 0.29) is 24.5 Å². The van der Waals surface area contributed by atoms with Gasteiger partial charge in [0.15, 0.2) is 0 Å². The summed E-state index contributed by atoms with van der Waals surface area (Å²) in [6.45, 7) is 3.89. The molecule has 1 unspecified atom stereocenters. The molecule has 0 heterocycles. The summed E-state index contributed by atoms with van der Waals surface area (Å²) in [6.07, 6.45) is 0. The van der Waals surface area contributed by atoms with Crippen molar-refractivity contribution in [3.05, 3.63) is 24.3 Å². The SMILES string of the molecule is CCOP(=O)(CS(=O)c1ccc(O)cc1)OCC. The van der Waals surface area contributed by atoms with E-state index in [1.165, 1.54) is 24.3 Å². The first-order valence-electron chi connectivity index (χ1n) is 5.56. The third kappa shape index (κ3) is 4.53. The second-order valence-corrected chi connectivity index (χ2v) is 7.35. The van der Waals surface area contributed by atoms with Gasteiger partial charge in [0, 0.05) is 4.90 Å². The van der Waals surface area contributed by atoms with Gasteiger partial charge in [-0.1, -0.05) is 0 Å². The molecule has 0 saturated carbocycles. The van der Waals surface area contributed by atoms with Gasteiger partial charge in [-0.3, -0.25) is 8.77 Å². The summed E-state index contributed by atoms with van der Waals surface area (Å²) in [5.41, 5.74) is -0.181. The van der Waals surface area contributed by atoms with Crippen molar-refractivity contribution in [3.8, 4) is 5.75 Å². The van der Waals surface area contributed by atoms with E-state index in [0.717, 1.165) is 0 Å². The van der Waals surface area contributed by atoms with Crippen molar-refractivity contribution >= 4 is 18.4 Å². The lowest BCUT2D eigenvalue weighted by molar-refractivity contribution is 0.224. The fourth-order valence-electron chi connectivity index (χ4n) is 1.32. The van der Waals surface area contributed by atoms with Crippen LogP contribution >= 0.6 is 7.60 Å². The van der Waals surface area contributed by atoms with Crippen LogP contribution in [0, 0.1) is 0 Å². The molecule has 0 spiro atoms. The van der Waals surface area contributed by atoms with Crippen LogP contribution in [0.25, 0.3) is 0 Å². The molecule has 0 saturated heterocycles. The van der Waals surface area contributed by atoms with E-state index in [4.69, 9.17) is 14.2 Å². The summed E-state index contributed by atoms with van der Waals surface area (Å²) in [5.74, 6) is 0.0912. The smallest absolute Gasteiger partial charge is 0.343 e. The summed E-state index contributed by atoms with van der Waals surface area (Å²) >= 11 is 0. The van der Waals surface area contributed by atoms with Crippen molar-refractivity contribution < 1.29 is 22.9 Å². The highest BCUT2D eigenvalue weighted by Gasteiger charge is 2.27. The monoisotopic (exact) mass is 292 g/mol. The molecule has 0 bridgehead atoms. The molecule has 0 radical (unpaired) electrons. The number of rotatable bonds is 7. The Morgan fingerprint density at radius 2 is 1.67 bits per heavy atom. The van der Waals surface area contributed by atoms with E-state index in [2.05, 4.69) is 0 Å². The third-order valence-corrected chi connectivity index (χ3v) is 6.33. The molecule has 5 nitrogen and oxygen atoms in total. The van der Waals surface area contributed by atoms with Gasteiger partial charge in [-0.05, 0) is 38.1 Å². The Labute approximate surface area is 109 Å². The maximum Gasteiger partial charge on any atom is 0.343 e. The molecule has 0 aliphatic heterocycles. The van der Waals surface area contributed by atoms with Crippen molar-refractivity contribution in [2.75, 3.05) is 18.7 Å². The molecule has 0 aromatic heterocycles. The first-order valence-corrected chi connectivity index (χ1v) is 8.61. The Morgan fingerprint density at radius 1 is 1.17 bits per heavy atom.